The fourth-order valence-corrected chi connectivity index (χ4v) is 2.79. The van der Waals surface area contributed by atoms with Gasteiger partial charge in [-0.05, 0) is 56.9 Å². The lowest BCUT2D eigenvalue weighted by Gasteiger charge is -2.11. The van der Waals surface area contributed by atoms with Crippen LogP contribution in [0.15, 0.2) is 48.5 Å². The van der Waals surface area contributed by atoms with Gasteiger partial charge in [0.25, 0.3) is 0 Å². The van der Waals surface area contributed by atoms with Gasteiger partial charge in [-0.25, -0.2) is 0 Å². The van der Waals surface area contributed by atoms with Crippen molar-refractivity contribution in [2.24, 2.45) is 0 Å². The largest absolute Gasteiger partial charge is 0.0610 e. The van der Waals surface area contributed by atoms with Gasteiger partial charge in [-0.2, -0.15) is 0 Å². The van der Waals surface area contributed by atoms with Crippen LogP contribution in [0.1, 0.15) is 5.56 Å². The number of rotatable bonds is 0. The van der Waals surface area contributed by atoms with E-state index in [-0.39, 0.29) is 0 Å². The summed E-state index contributed by atoms with van der Waals surface area (Å²) in [5.41, 5.74) is 1.34. The van der Waals surface area contributed by atoms with Gasteiger partial charge in [0, 0.05) is 0 Å². The van der Waals surface area contributed by atoms with Crippen molar-refractivity contribution in [3.8, 4) is 0 Å². The van der Waals surface area contributed by atoms with E-state index in [1.807, 2.05) is 0 Å². The molecule has 0 bridgehead atoms. The molecule has 0 aliphatic rings. The molecule has 0 fully saturated rings. The molecule has 0 heteroatoms. The van der Waals surface area contributed by atoms with Gasteiger partial charge in [-0.1, -0.05) is 42.5 Å². The lowest BCUT2D eigenvalue weighted by molar-refractivity contribution is 1.55. The summed E-state index contributed by atoms with van der Waals surface area (Å²) in [6, 6.07) is 20.7. The number of benzene rings is 4. The Balaban J connectivity index is 2.48. The highest BCUT2D eigenvalue weighted by Gasteiger charge is 2.08. The third-order valence-corrected chi connectivity index (χ3v) is 3.66. The van der Waals surface area contributed by atoms with Crippen LogP contribution in [0.3, 0.4) is 0 Å². The summed E-state index contributed by atoms with van der Waals surface area (Å²) in [7, 11) is 0. The van der Waals surface area contributed by atoms with Gasteiger partial charge in [0.15, 0.2) is 0 Å². The van der Waals surface area contributed by atoms with E-state index in [1.165, 1.54) is 37.9 Å². The molecule has 0 aliphatic heterocycles. The standard InChI is InChI=1S/C17H11/c1-11-5-6-14-8-7-12-3-2-4-13-9-10-15(11)17(14)16(12)13/h2-7,9-10H,1H3. The maximum absolute atomic E-state index is 3.39. The third kappa shape index (κ3) is 1.07. The molecule has 17 heavy (non-hydrogen) atoms. The molecule has 0 nitrogen and oxygen atoms in total. The highest BCUT2D eigenvalue weighted by atomic mass is 14.1. The first kappa shape index (κ1) is 9.00. The Labute approximate surface area is 99.8 Å². The fraction of sp³-hybridized carbons (Fsp3) is 0.0588. The molecule has 0 amide bonds. The molecule has 0 unspecified atom stereocenters. The van der Waals surface area contributed by atoms with Crippen LogP contribution in [0.4, 0.5) is 0 Å². The molecule has 0 N–H and O–H groups in total. The van der Waals surface area contributed by atoms with Crippen LogP contribution < -0.4 is 0 Å². The summed E-state index contributed by atoms with van der Waals surface area (Å²) < 4.78 is 0. The zero-order valence-corrected chi connectivity index (χ0v) is 9.62. The third-order valence-electron chi connectivity index (χ3n) is 3.66. The minimum atomic E-state index is 1.22. The number of aryl methyl sites for hydroxylation is 1. The van der Waals surface area contributed by atoms with Crippen LogP contribution in [-0.2, 0) is 0 Å². The highest BCUT2D eigenvalue weighted by Crippen LogP contribution is 2.35. The summed E-state index contributed by atoms with van der Waals surface area (Å²) in [6.45, 7) is 2.17. The Kier molecular flexibility index (Phi) is 1.58. The molecular formula is C17H11. The van der Waals surface area contributed by atoms with Crippen molar-refractivity contribution in [3.05, 3.63) is 60.2 Å². The maximum atomic E-state index is 3.39. The minimum Gasteiger partial charge on any atom is -0.0610 e. The van der Waals surface area contributed by atoms with Gasteiger partial charge in [0.05, 0.1) is 0 Å². The zero-order valence-electron chi connectivity index (χ0n) is 9.62. The van der Waals surface area contributed by atoms with Crippen LogP contribution in [-0.4, -0.2) is 0 Å². The molecule has 4 aromatic rings. The van der Waals surface area contributed by atoms with Crippen molar-refractivity contribution >= 4 is 32.3 Å². The number of hydrogen-bond donors (Lipinski definition) is 0. The molecule has 0 heterocycles. The van der Waals surface area contributed by atoms with Gasteiger partial charge in [0.1, 0.15) is 0 Å². The minimum absolute atomic E-state index is 1.22. The van der Waals surface area contributed by atoms with E-state index in [2.05, 4.69) is 61.5 Å². The van der Waals surface area contributed by atoms with Crippen molar-refractivity contribution in [1.29, 1.82) is 0 Å². The molecule has 0 aliphatic carbocycles. The molecule has 0 saturated carbocycles. The molecule has 4 rings (SSSR count). The average Bonchev–Trinajstić information content (AvgIpc) is 2.38. The molecule has 0 atom stereocenters. The Morgan fingerprint density at radius 2 is 1.71 bits per heavy atom. The van der Waals surface area contributed by atoms with E-state index >= 15 is 0 Å². The van der Waals surface area contributed by atoms with Crippen molar-refractivity contribution in [1.82, 2.24) is 0 Å². The highest BCUT2D eigenvalue weighted by molar-refractivity contribution is 6.23. The first-order chi connectivity index (χ1) is 8.34. The van der Waals surface area contributed by atoms with E-state index < -0.39 is 0 Å². The van der Waals surface area contributed by atoms with Crippen LogP contribution in [0.2, 0.25) is 0 Å². The van der Waals surface area contributed by atoms with Gasteiger partial charge >= 0.3 is 0 Å². The first-order valence-electron chi connectivity index (χ1n) is 5.89. The predicted molar refractivity (Wildman–Crippen MR) is 73.7 cm³/mol. The van der Waals surface area contributed by atoms with Crippen molar-refractivity contribution in [3.63, 3.8) is 0 Å². The second-order valence-electron chi connectivity index (χ2n) is 4.65. The quantitative estimate of drug-likeness (QED) is 0.373. The van der Waals surface area contributed by atoms with Crippen molar-refractivity contribution < 1.29 is 0 Å². The van der Waals surface area contributed by atoms with E-state index in [9.17, 15) is 0 Å². The van der Waals surface area contributed by atoms with E-state index in [0.29, 0.717) is 0 Å². The van der Waals surface area contributed by atoms with Crippen molar-refractivity contribution in [2.75, 3.05) is 0 Å². The second-order valence-corrected chi connectivity index (χ2v) is 4.65. The summed E-state index contributed by atoms with van der Waals surface area (Å²) in [4.78, 5) is 0. The summed E-state index contributed by atoms with van der Waals surface area (Å²) >= 11 is 0. The predicted octanol–water partition coefficient (Wildman–Crippen LogP) is 4.69. The van der Waals surface area contributed by atoms with Crippen LogP contribution in [0.25, 0.3) is 32.3 Å². The first-order valence-corrected chi connectivity index (χ1v) is 5.89. The van der Waals surface area contributed by atoms with E-state index in [0.717, 1.165) is 0 Å². The maximum Gasteiger partial charge on any atom is -0.00179 e. The molecule has 0 aromatic heterocycles. The van der Waals surface area contributed by atoms with Gasteiger partial charge in [0.2, 0.25) is 0 Å². The molecule has 0 saturated heterocycles. The van der Waals surface area contributed by atoms with Gasteiger partial charge in [-0.15, -0.1) is 0 Å². The molecule has 79 valence electrons. The normalized spacial score (nSPS) is 11.8. The summed E-state index contributed by atoms with van der Waals surface area (Å²) in [5.74, 6) is 0. The topological polar surface area (TPSA) is 0 Å². The second kappa shape index (κ2) is 2.98. The van der Waals surface area contributed by atoms with Crippen LogP contribution >= 0.6 is 0 Å². The van der Waals surface area contributed by atoms with Crippen LogP contribution in [0, 0.1) is 13.0 Å². The molecular weight excluding hydrogens is 204 g/mol. The summed E-state index contributed by atoms with van der Waals surface area (Å²) in [6.07, 6.45) is 0. The van der Waals surface area contributed by atoms with Crippen LogP contribution in [0.5, 0.6) is 0 Å². The van der Waals surface area contributed by atoms with Gasteiger partial charge < -0.3 is 0 Å². The van der Waals surface area contributed by atoms with Crippen molar-refractivity contribution in [2.45, 2.75) is 6.92 Å². The number of hydrogen-bond acceptors (Lipinski definition) is 0. The SMILES string of the molecule is Cc1ccc2[c]cc3cccc4ccc1c2c34. The Bertz CT molecular complexity index is 824. The van der Waals surface area contributed by atoms with E-state index in [4.69, 9.17) is 0 Å². The van der Waals surface area contributed by atoms with E-state index in [1.54, 1.807) is 0 Å². The average molecular weight is 215 g/mol. The zero-order chi connectivity index (χ0) is 11.4. The fourth-order valence-electron chi connectivity index (χ4n) is 2.79. The lowest BCUT2D eigenvalue weighted by Crippen LogP contribution is -1.85. The Morgan fingerprint density at radius 1 is 0.824 bits per heavy atom. The smallest absolute Gasteiger partial charge is 0.00179 e. The monoisotopic (exact) mass is 215 g/mol. The summed E-state index contributed by atoms with van der Waals surface area (Å²) in [5, 5.41) is 7.91. The molecule has 1 radical (unpaired) electrons. The lowest BCUT2D eigenvalue weighted by atomic mass is 9.92. The van der Waals surface area contributed by atoms with Gasteiger partial charge in [-0.3, -0.25) is 0 Å². The Hall–Kier alpha value is -2.08. The molecule has 0 spiro atoms. The Morgan fingerprint density at radius 3 is 2.65 bits per heavy atom. The molecule has 4 aromatic carbocycles.